The second-order valence-electron chi connectivity index (χ2n) is 7.69. The highest BCUT2D eigenvalue weighted by Gasteiger charge is 2.42. The third-order valence-electron chi connectivity index (χ3n) is 5.56. The number of nitrogens with zero attached hydrogens (tertiary/aromatic N) is 1. The minimum absolute atomic E-state index is 0.128. The number of rotatable bonds is 9. The molecule has 6 nitrogen and oxygen atoms in total. The normalized spacial score (nSPS) is 15.5. The Balaban J connectivity index is 1.80. The molecule has 3 aromatic rings. The van der Waals surface area contributed by atoms with E-state index >= 15 is 0 Å². The van der Waals surface area contributed by atoms with Gasteiger partial charge in [0.1, 0.15) is 11.3 Å². The van der Waals surface area contributed by atoms with Crippen molar-refractivity contribution >= 4 is 16.9 Å². The molecule has 31 heavy (non-hydrogen) atoms. The van der Waals surface area contributed by atoms with E-state index in [4.69, 9.17) is 13.9 Å². The molecule has 1 aliphatic rings. The molecular formula is C25H27NO5. The lowest BCUT2D eigenvalue weighted by atomic mass is 9.98. The predicted octanol–water partition coefficient (Wildman–Crippen LogP) is 4.55. The van der Waals surface area contributed by atoms with Gasteiger partial charge in [-0.2, -0.15) is 0 Å². The van der Waals surface area contributed by atoms with Crippen molar-refractivity contribution in [3.63, 3.8) is 0 Å². The molecule has 2 aromatic carbocycles. The fourth-order valence-corrected chi connectivity index (χ4v) is 4.03. The molecule has 162 valence electrons. The van der Waals surface area contributed by atoms with Gasteiger partial charge in [0.25, 0.3) is 5.91 Å². The minimum atomic E-state index is -0.519. The van der Waals surface area contributed by atoms with Gasteiger partial charge in [0.15, 0.2) is 5.43 Å². The maximum absolute atomic E-state index is 13.4. The van der Waals surface area contributed by atoms with Crippen molar-refractivity contribution in [1.29, 1.82) is 0 Å². The standard InChI is InChI=1S/C25H27NO5/c1-3-4-15-30-18-10-7-9-17(16-18)22-21-23(27)19-11-5-6-12-20(19)31-24(21)25(28)26(22)13-8-14-29-2/h5-7,9-12,16,22H,3-4,8,13-15H2,1-2H3/t22-/m1/s1. The smallest absolute Gasteiger partial charge is 0.290 e. The van der Waals surface area contributed by atoms with Crippen LogP contribution in [0.3, 0.4) is 0 Å². The quantitative estimate of drug-likeness (QED) is 0.474. The van der Waals surface area contributed by atoms with Crippen molar-refractivity contribution in [1.82, 2.24) is 4.90 Å². The van der Waals surface area contributed by atoms with Gasteiger partial charge in [0.2, 0.25) is 5.76 Å². The predicted molar refractivity (Wildman–Crippen MR) is 119 cm³/mol. The van der Waals surface area contributed by atoms with Gasteiger partial charge in [-0.05, 0) is 42.7 Å². The fourth-order valence-electron chi connectivity index (χ4n) is 4.03. The number of methoxy groups -OCH3 is 1. The molecule has 0 N–H and O–H groups in total. The Morgan fingerprint density at radius 2 is 1.87 bits per heavy atom. The Morgan fingerprint density at radius 1 is 1.03 bits per heavy atom. The summed E-state index contributed by atoms with van der Waals surface area (Å²) in [7, 11) is 1.63. The molecule has 4 rings (SSSR count). The first kappa shape index (κ1) is 21.1. The Bertz CT molecular complexity index is 1140. The van der Waals surface area contributed by atoms with Crippen molar-refractivity contribution < 1.29 is 18.7 Å². The Labute approximate surface area is 181 Å². The summed E-state index contributed by atoms with van der Waals surface area (Å²) in [5.74, 6) is 0.591. The Hall–Kier alpha value is -3.12. The molecule has 0 radical (unpaired) electrons. The van der Waals surface area contributed by atoms with Crippen molar-refractivity contribution in [2.24, 2.45) is 0 Å². The van der Waals surface area contributed by atoms with E-state index < -0.39 is 6.04 Å². The van der Waals surface area contributed by atoms with Crippen LogP contribution in [-0.4, -0.2) is 37.7 Å². The summed E-state index contributed by atoms with van der Waals surface area (Å²) >= 11 is 0. The van der Waals surface area contributed by atoms with E-state index in [1.807, 2.05) is 24.3 Å². The Morgan fingerprint density at radius 3 is 2.68 bits per heavy atom. The zero-order chi connectivity index (χ0) is 21.8. The number of carbonyl (C=O) groups excluding carboxylic acids is 1. The number of fused-ring (bicyclic) bond motifs is 2. The van der Waals surface area contributed by atoms with E-state index in [-0.39, 0.29) is 17.1 Å². The summed E-state index contributed by atoms with van der Waals surface area (Å²) < 4.78 is 17.0. The van der Waals surface area contributed by atoms with Gasteiger partial charge in [-0.15, -0.1) is 0 Å². The molecule has 1 atom stereocenters. The van der Waals surface area contributed by atoms with Crippen LogP contribution in [0.15, 0.2) is 57.7 Å². The molecule has 0 bridgehead atoms. The molecule has 1 aromatic heterocycles. The number of unbranched alkanes of at least 4 members (excludes halogenated alkanes) is 1. The third-order valence-corrected chi connectivity index (χ3v) is 5.56. The molecule has 1 aliphatic heterocycles. The van der Waals surface area contributed by atoms with Crippen molar-refractivity contribution in [3.05, 3.63) is 75.6 Å². The van der Waals surface area contributed by atoms with Crippen molar-refractivity contribution in [2.45, 2.75) is 32.2 Å². The summed E-state index contributed by atoms with van der Waals surface area (Å²) in [6, 6.07) is 14.2. The van der Waals surface area contributed by atoms with Gasteiger partial charge in [-0.25, -0.2) is 0 Å². The first-order valence-corrected chi connectivity index (χ1v) is 10.7. The number of amides is 1. The highest BCUT2D eigenvalue weighted by molar-refractivity contribution is 5.99. The summed E-state index contributed by atoms with van der Waals surface area (Å²) in [6.07, 6.45) is 2.67. The first-order valence-electron chi connectivity index (χ1n) is 10.7. The molecule has 2 heterocycles. The van der Waals surface area contributed by atoms with E-state index in [1.165, 1.54) is 0 Å². The lowest BCUT2D eigenvalue weighted by Gasteiger charge is -2.25. The molecule has 0 aliphatic carbocycles. The SMILES string of the molecule is CCCCOc1cccc([C@@H]2c3c(oc4ccccc4c3=O)C(=O)N2CCCOC)c1. The molecule has 1 amide bonds. The lowest BCUT2D eigenvalue weighted by Crippen LogP contribution is -2.31. The summed E-state index contributed by atoms with van der Waals surface area (Å²) in [4.78, 5) is 28.4. The van der Waals surface area contributed by atoms with Crippen molar-refractivity contribution in [3.8, 4) is 5.75 Å². The summed E-state index contributed by atoms with van der Waals surface area (Å²) in [6.45, 7) is 3.72. The zero-order valence-electron chi connectivity index (χ0n) is 17.9. The summed E-state index contributed by atoms with van der Waals surface area (Å²) in [5.41, 5.74) is 1.49. The van der Waals surface area contributed by atoms with Crippen LogP contribution < -0.4 is 10.2 Å². The number of benzene rings is 2. The monoisotopic (exact) mass is 421 g/mol. The topological polar surface area (TPSA) is 69.0 Å². The zero-order valence-corrected chi connectivity index (χ0v) is 17.9. The van der Waals surface area contributed by atoms with E-state index in [1.54, 1.807) is 36.3 Å². The van der Waals surface area contributed by atoms with Crippen LogP contribution >= 0.6 is 0 Å². The molecule has 0 saturated heterocycles. The fraction of sp³-hybridized carbons (Fsp3) is 0.360. The maximum atomic E-state index is 13.4. The first-order chi connectivity index (χ1) is 15.2. The average Bonchev–Trinajstić information content (AvgIpc) is 3.07. The number of hydrogen-bond acceptors (Lipinski definition) is 5. The largest absolute Gasteiger partial charge is 0.494 e. The second kappa shape index (κ2) is 9.35. The number of ether oxygens (including phenoxy) is 2. The molecular weight excluding hydrogens is 394 g/mol. The van der Waals surface area contributed by atoms with E-state index in [0.717, 1.165) is 24.2 Å². The average molecular weight is 421 g/mol. The van der Waals surface area contributed by atoms with Gasteiger partial charge in [0, 0.05) is 20.3 Å². The van der Waals surface area contributed by atoms with Gasteiger partial charge < -0.3 is 18.8 Å². The van der Waals surface area contributed by atoms with Crippen LogP contribution in [0.1, 0.15) is 53.9 Å². The van der Waals surface area contributed by atoms with Crippen LogP contribution in [-0.2, 0) is 4.74 Å². The van der Waals surface area contributed by atoms with Gasteiger partial charge >= 0.3 is 0 Å². The lowest BCUT2D eigenvalue weighted by molar-refractivity contribution is 0.0707. The van der Waals surface area contributed by atoms with E-state index in [0.29, 0.717) is 42.7 Å². The second-order valence-corrected chi connectivity index (χ2v) is 7.69. The highest BCUT2D eigenvalue weighted by Crippen LogP contribution is 2.39. The maximum Gasteiger partial charge on any atom is 0.290 e. The van der Waals surface area contributed by atoms with E-state index in [9.17, 15) is 9.59 Å². The molecule has 0 unspecified atom stereocenters. The van der Waals surface area contributed by atoms with Crippen LogP contribution in [0.2, 0.25) is 0 Å². The number of carbonyl (C=O) groups is 1. The number of hydrogen-bond donors (Lipinski definition) is 0. The van der Waals surface area contributed by atoms with Crippen molar-refractivity contribution in [2.75, 3.05) is 26.9 Å². The Kier molecular flexibility index (Phi) is 6.37. The van der Waals surface area contributed by atoms with Crippen LogP contribution in [0.4, 0.5) is 0 Å². The summed E-state index contributed by atoms with van der Waals surface area (Å²) in [5, 5.41) is 0.480. The van der Waals surface area contributed by atoms with Gasteiger partial charge in [-0.3, -0.25) is 9.59 Å². The van der Waals surface area contributed by atoms with Crippen LogP contribution in [0.5, 0.6) is 5.75 Å². The third kappa shape index (κ3) is 4.08. The molecule has 0 spiro atoms. The molecule has 0 saturated carbocycles. The van der Waals surface area contributed by atoms with Gasteiger partial charge in [0.05, 0.1) is 23.6 Å². The highest BCUT2D eigenvalue weighted by atomic mass is 16.5. The minimum Gasteiger partial charge on any atom is -0.494 e. The van der Waals surface area contributed by atoms with Gasteiger partial charge in [-0.1, -0.05) is 37.6 Å². The molecule has 0 fully saturated rings. The van der Waals surface area contributed by atoms with Crippen LogP contribution in [0, 0.1) is 0 Å². The van der Waals surface area contributed by atoms with E-state index in [2.05, 4.69) is 6.92 Å². The number of para-hydroxylation sites is 1. The molecule has 6 heteroatoms. The van der Waals surface area contributed by atoms with Crippen LogP contribution in [0.25, 0.3) is 11.0 Å².